The molecule has 2 fully saturated rings. The molecule has 0 amide bonds. The molecule has 2 saturated heterocycles. The molecule has 0 bridgehead atoms. The van der Waals surface area contributed by atoms with Crippen molar-refractivity contribution in [3.05, 3.63) is 254 Å². The van der Waals surface area contributed by atoms with Crippen molar-refractivity contribution in [2.24, 2.45) is 0 Å². The van der Waals surface area contributed by atoms with Crippen molar-refractivity contribution < 1.29 is 73.3 Å². The Morgan fingerprint density at radius 3 is 1.27 bits per heavy atom. The molecule has 15 nitrogen and oxygen atoms in total. The van der Waals surface area contributed by atoms with E-state index in [1.165, 1.54) is 48.8 Å². The number of piperidine rings is 2. The van der Waals surface area contributed by atoms with Crippen molar-refractivity contribution in [2.75, 3.05) is 59.9 Å². The van der Waals surface area contributed by atoms with Gasteiger partial charge in [-0.05, 0) is 122 Å². The fourth-order valence-corrected chi connectivity index (χ4v) is 19.1. The number of hydrogen-bond acceptors (Lipinski definition) is 13. The summed E-state index contributed by atoms with van der Waals surface area (Å²) in [5.41, 5.74) is 4.95. The summed E-state index contributed by atoms with van der Waals surface area (Å²) in [6.07, 6.45) is 6.40. The molecule has 4 aliphatic rings. The molecule has 2 N–H and O–H groups in total. The second-order valence-corrected chi connectivity index (χ2v) is 32.6. The molecule has 16 rings (SSSR count). The van der Waals surface area contributed by atoms with Crippen LogP contribution >= 0.6 is 31.3 Å². The first kappa shape index (κ1) is 78.7. The van der Waals surface area contributed by atoms with Crippen LogP contribution in [-0.4, -0.2) is 95.6 Å². The molecule has 0 aliphatic carbocycles. The van der Waals surface area contributed by atoms with Crippen molar-refractivity contribution in [3.8, 4) is 0 Å². The predicted molar refractivity (Wildman–Crippen MR) is 388 cm³/mol. The summed E-state index contributed by atoms with van der Waals surface area (Å²) < 4.78 is 214. The van der Waals surface area contributed by atoms with Crippen LogP contribution in [0.1, 0.15) is 44.2 Å². The fraction of sp³-hybridized carbons (Fsp3) is 0.205. The summed E-state index contributed by atoms with van der Waals surface area (Å²) >= 11 is 2.00. The van der Waals surface area contributed by atoms with Gasteiger partial charge in [0.25, 0.3) is 11.1 Å². The van der Waals surface area contributed by atoms with Gasteiger partial charge in [-0.25, -0.2) is 68.0 Å². The van der Waals surface area contributed by atoms with E-state index in [4.69, 9.17) is 9.97 Å². The van der Waals surface area contributed by atoms with Gasteiger partial charge in [0.15, 0.2) is 61.2 Å². The molecule has 8 heterocycles. The Balaban J connectivity index is 0.000000159. The van der Waals surface area contributed by atoms with Crippen LogP contribution in [0.4, 0.5) is 92.9 Å². The molecule has 4 aromatic heterocycles. The molecular formula is C73H61F16N12O3PS4. The monoisotopic (exact) mass is 1620 g/mol. The zero-order valence-corrected chi connectivity index (χ0v) is 60.3. The van der Waals surface area contributed by atoms with Gasteiger partial charge in [-0.1, -0.05) is 67.3 Å². The van der Waals surface area contributed by atoms with Crippen molar-refractivity contribution in [3.63, 3.8) is 0 Å². The molecule has 8 aromatic carbocycles. The van der Waals surface area contributed by atoms with Gasteiger partial charge < -0.3 is 28.7 Å². The van der Waals surface area contributed by atoms with Crippen molar-refractivity contribution >= 4 is 98.9 Å². The normalized spacial score (nSPS) is 15.1. The number of benzene rings is 8. The number of nitrogens with zero attached hydrogens (tertiary/aromatic N) is 10. The van der Waals surface area contributed by atoms with Gasteiger partial charge in [-0.2, -0.15) is 0 Å². The molecule has 0 radical (unpaired) electrons. The van der Waals surface area contributed by atoms with Gasteiger partial charge in [0, 0.05) is 105 Å². The van der Waals surface area contributed by atoms with Crippen molar-refractivity contribution in [1.29, 1.82) is 0 Å². The number of para-hydroxylation sites is 2. The van der Waals surface area contributed by atoms with Crippen LogP contribution in [0.2, 0.25) is 0 Å². The van der Waals surface area contributed by atoms with Crippen LogP contribution < -0.4 is 30.7 Å². The molecule has 572 valence electrons. The molecule has 4 aliphatic heterocycles. The van der Waals surface area contributed by atoms with E-state index in [2.05, 4.69) is 45.3 Å². The third-order valence-corrected chi connectivity index (χ3v) is 24.4. The van der Waals surface area contributed by atoms with Crippen LogP contribution in [0.3, 0.4) is 0 Å². The largest absolute Gasteiger partial charge is 0.249 e. The zero-order chi connectivity index (χ0) is 76.9. The summed E-state index contributed by atoms with van der Waals surface area (Å²) in [7, 11) is -9.75. The van der Waals surface area contributed by atoms with E-state index in [-0.39, 0.29) is 61.8 Å². The summed E-state index contributed by atoms with van der Waals surface area (Å²) in [5.74, 6) is -6.34. The number of hydrogen-bond donors (Lipinski definition) is 2. The third kappa shape index (κ3) is 18.4. The molecule has 36 heteroatoms. The minimum atomic E-state index is -10.7. The smallest absolute Gasteiger partial charge is 0.160 e. The van der Waals surface area contributed by atoms with Gasteiger partial charge in [0.05, 0.1) is 65.5 Å². The zero-order valence-electron chi connectivity index (χ0n) is 56.1. The predicted octanol–water partition coefficient (Wildman–Crippen LogP) is 18.8. The summed E-state index contributed by atoms with van der Waals surface area (Å²) in [4.78, 5) is 59.3. The van der Waals surface area contributed by atoms with Crippen molar-refractivity contribution in [1.82, 2.24) is 39.0 Å². The average molecular weight is 1620 g/mol. The van der Waals surface area contributed by atoms with Gasteiger partial charge in [0.1, 0.15) is 22.5 Å². The molecule has 109 heavy (non-hydrogen) atoms. The maximum absolute atomic E-state index is 14.7. The molecular weight excluding hydrogens is 1560 g/mol. The Morgan fingerprint density at radius 1 is 0.477 bits per heavy atom. The maximum Gasteiger partial charge on any atom is 0.160 e. The number of rotatable bonds is 11. The number of imidazole rings is 2. The number of fused-ring (bicyclic) bond motifs is 6. The Kier molecular flexibility index (Phi) is 22.3. The first-order valence-corrected chi connectivity index (χ1v) is 38.7. The number of anilines is 4. The van der Waals surface area contributed by atoms with Gasteiger partial charge in [0.2, 0.25) is 23.8 Å². The van der Waals surface area contributed by atoms with Crippen LogP contribution in [0, 0.1) is 58.2 Å². The van der Waals surface area contributed by atoms with E-state index in [9.17, 15) is 82.9 Å². The molecule has 12 aromatic rings. The molecule has 0 unspecified atom stereocenters. The summed E-state index contributed by atoms with van der Waals surface area (Å²) in [5, 5.41) is 0. The van der Waals surface area contributed by atoms with Gasteiger partial charge in [-0.15, -0.1) is 0 Å². The number of halogens is 16. The Morgan fingerprint density at radius 2 is 0.844 bits per heavy atom. The maximum atomic E-state index is 14.7. The Labute approximate surface area is 624 Å². The van der Waals surface area contributed by atoms with Crippen LogP contribution in [0.25, 0.3) is 22.1 Å². The first-order chi connectivity index (χ1) is 51.1. The van der Waals surface area contributed by atoms with E-state index < -0.39 is 76.0 Å². The fourth-order valence-electron chi connectivity index (χ4n) is 12.6. The Bertz CT molecular complexity index is 5450. The second-order valence-electron chi connectivity index (χ2n) is 25.2. The SMILES string of the molecule is C.CN(c1nccc(=O)[nH]1)C1CCN(c2nc3ccc([S+]4c5cc(F)c(F)cc5Sc5cc(F)c(F)cc54)cc3n2Cc2ccc(F)cc2)CC1.CN(c1nccc(=O)[nH]1)C1CCN(c2nc3ccccc3n2Cc2ccc(F)cc2)CC1.F[P-](F)(F)(F)(F)F.O=S1c2cc(F)c(F)cc2Sc2cc(F)c(F)cc21. The van der Waals surface area contributed by atoms with E-state index in [1.807, 2.05) is 72.1 Å². The third-order valence-electron chi connectivity index (χ3n) is 17.9. The van der Waals surface area contributed by atoms with Gasteiger partial charge in [-0.3, -0.25) is 19.6 Å². The van der Waals surface area contributed by atoms with E-state index in [0.717, 1.165) is 144 Å². The van der Waals surface area contributed by atoms with Gasteiger partial charge >= 0.3 is 33.0 Å². The van der Waals surface area contributed by atoms with E-state index in [0.29, 0.717) is 74.0 Å². The van der Waals surface area contributed by atoms with Crippen LogP contribution in [0.5, 0.6) is 0 Å². The average Bonchev–Trinajstić information content (AvgIpc) is 1.54. The molecule has 0 spiro atoms. The van der Waals surface area contributed by atoms with Crippen LogP contribution in [0.15, 0.2) is 218 Å². The number of nitrogens with one attached hydrogen (secondary N) is 2. The van der Waals surface area contributed by atoms with Crippen molar-refractivity contribution in [2.45, 2.75) is 102 Å². The summed E-state index contributed by atoms with van der Waals surface area (Å²) in [6.45, 7) is 4.00. The molecule has 0 saturated carbocycles. The minimum absolute atomic E-state index is 0. The standard InChI is InChI=1S/C36H27F5N6OS2.C24H25FN6O.C12H4F4OS2.CH4.F6P/c1-45(35-42-11-8-34(48)44-35)22-9-12-46(13-10-22)36-43-28-7-6-23(14-29(28)47(36)19-20-2-4-21(37)5-3-20)50-32-17-26(40)24(38)15-30(32)49-31-16-25(39)27(41)18-33(31)50;1-29(23-26-13-10-22(32)28-23)19-11-14-30(15-12-19)24-27-20-4-2-3-5-21(20)31(24)16-17-6-8-18(25)9-7-17;13-5-1-9-11(3-7(5)15)19(17)12-4-8(16)6(14)2-10(12)18-9;;1-7(2,3,4,5)6/h2-8,11,14-18,22H,9-10,12-13,19H2,1H3;2-10,13,19H,11-12,14-16H2,1H3,(H,26,28,32);1-4H;1H4;/q;;;;-1/p+1. The van der Waals surface area contributed by atoms with E-state index in [1.54, 1.807) is 12.1 Å². The number of aromatic amines is 2. The topological polar surface area (TPSA) is 157 Å². The Hall–Kier alpha value is -9.83. The van der Waals surface area contributed by atoms with E-state index >= 15 is 0 Å². The quantitative estimate of drug-likeness (QED) is 0.0717. The van der Waals surface area contributed by atoms with Crippen LogP contribution in [-0.2, 0) is 34.8 Å². The first-order valence-electron chi connectivity index (χ1n) is 32.7. The minimum Gasteiger partial charge on any atom is -0.249 e. The summed E-state index contributed by atoms with van der Waals surface area (Å²) in [6, 6.07) is 37.7. The second kappa shape index (κ2) is 30.9. The number of H-pyrrole nitrogens is 2. The number of aromatic nitrogens is 8. The molecule has 0 atom stereocenters.